The second-order valence-electron chi connectivity index (χ2n) is 18.9. The van der Waals surface area contributed by atoms with E-state index >= 15 is 26.3 Å². The lowest BCUT2D eigenvalue weighted by molar-refractivity contribution is 0.0686. The molecule has 0 atom stereocenters. The molecule has 2 N–H and O–H groups in total. The molecule has 10 aromatic rings. The molecular weight excluding hydrogens is 1140 g/mol. The molecule has 0 bridgehead atoms. The number of methoxy groups -OCH3 is 2. The first-order valence-corrected chi connectivity index (χ1v) is 25.7. The van der Waals surface area contributed by atoms with Crippen molar-refractivity contribution >= 4 is 34.0 Å². The van der Waals surface area contributed by atoms with Gasteiger partial charge >= 0.3 is 11.9 Å². The number of pyridine rings is 2. The molecule has 0 aliphatic rings. The van der Waals surface area contributed by atoms with Crippen molar-refractivity contribution in [1.82, 2.24) is 29.1 Å². The van der Waals surface area contributed by atoms with E-state index in [1.54, 1.807) is 48.5 Å². The number of carbonyl (C=O) groups is 2. The van der Waals surface area contributed by atoms with Crippen molar-refractivity contribution in [1.29, 1.82) is 10.5 Å². The lowest BCUT2D eigenvalue weighted by Crippen LogP contribution is -2.11. The summed E-state index contributed by atoms with van der Waals surface area (Å²) in [5, 5.41) is 36.5. The van der Waals surface area contributed by atoms with E-state index in [2.05, 4.69) is 19.9 Å². The van der Waals surface area contributed by atoms with Crippen molar-refractivity contribution in [3.63, 3.8) is 0 Å². The number of aromatic carboxylic acids is 2. The molecule has 436 valence electrons. The van der Waals surface area contributed by atoms with Crippen LogP contribution in [0.25, 0.3) is 44.6 Å². The number of benzene rings is 6. The summed E-state index contributed by atoms with van der Waals surface area (Å²) in [5.74, 6) is -12.3. The number of halogens is 8. The van der Waals surface area contributed by atoms with Gasteiger partial charge in [0.2, 0.25) is 11.8 Å². The highest BCUT2D eigenvalue weighted by Gasteiger charge is 2.27. The van der Waals surface area contributed by atoms with E-state index in [1.807, 2.05) is 12.1 Å². The Labute approximate surface area is 483 Å². The Kier molecular flexibility index (Phi) is 18.4. The maximum Gasteiger partial charge on any atom is 0.335 e. The molecule has 10 rings (SSSR count). The Morgan fingerprint density at radius 3 is 1.23 bits per heavy atom. The van der Waals surface area contributed by atoms with Gasteiger partial charge in [0.25, 0.3) is 0 Å². The average Bonchev–Trinajstić information content (AvgIpc) is 1.85. The Balaban J connectivity index is 0.000000205. The minimum Gasteiger partial charge on any atom is -0.478 e. The number of nitriles is 2. The molecule has 6 aromatic carbocycles. The van der Waals surface area contributed by atoms with Crippen LogP contribution in [-0.4, -0.2) is 78.7 Å². The summed E-state index contributed by atoms with van der Waals surface area (Å²) < 4.78 is 146. The average molecular weight is 1180 g/mol. The van der Waals surface area contributed by atoms with Crippen molar-refractivity contribution in [2.24, 2.45) is 0 Å². The number of fused-ring (bicyclic) bond motifs is 2. The van der Waals surface area contributed by atoms with Crippen LogP contribution >= 0.6 is 0 Å². The summed E-state index contributed by atoms with van der Waals surface area (Å²) in [6, 6.07) is 31.7. The van der Waals surface area contributed by atoms with Gasteiger partial charge in [-0.3, -0.25) is 0 Å². The van der Waals surface area contributed by atoms with Crippen LogP contribution < -0.4 is 9.47 Å². The van der Waals surface area contributed by atoms with E-state index in [0.717, 1.165) is 35.4 Å². The van der Waals surface area contributed by atoms with Crippen molar-refractivity contribution in [3.8, 4) is 46.4 Å². The van der Waals surface area contributed by atoms with Gasteiger partial charge in [0.15, 0.2) is 34.9 Å². The van der Waals surface area contributed by atoms with E-state index < -0.39 is 93.6 Å². The van der Waals surface area contributed by atoms with Crippen LogP contribution in [0.1, 0.15) is 65.7 Å². The lowest BCUT2D eigenvalue weighted by atomic mass is 10.0. The minimum atomic E-state index is -1.47. The smallest absolute Gasteiger partial charge is 0.335 e. The van der Waals surface area contributed by atoms with Crippen LogP contribution in [-0.2, 0) is 48.6 Å². The predicted molar refractivity (Wildman–Crippen MR) is 293 cm³/mol. The van der Waals surface area contributed by atoms with Crippen LogP contribution in [0.5, 0.6) is 11.8 Å². The van der Waals surface area contributed by atoms with Gasteiger partial charge in [0, 0.05) is 74.5 Å². The molecule has 86 heavy (non-hydrogen) atoms. The van der Waals surface area contributed by atoms with Gasteiger partial charge in [-0.25, -0.2) is 64.6 Å². The summed E-state index contributed by atoms with van der Waals surface area (Å²) in [6.07, 6.45) is -1.12. The van der Waals surface area contributed by atoms with Crippen molar-refractivity contribution in [2.45, 2.75) is 39.1 Å². The second-order valence-corrected chi connectivity index (χ2v) is 18.9. The van der Waals surface area contributed by atoms with Crippen molar-refractivity contribution in [3.05, 3.63) is 224 Å². The molecule has 24 heteroatoms. The Bertz CT molecular complexity index is 4040. The molecule has 0 saturated carbocycles. The largest absolute Gasteiger partial charge is 0.478 e. The van der Waals surface area contributed by atoms with E-state index in [9.17, 15) is 28.6 Å². The molecule has 4 aromatic heterocycles. The number of aromatic nitrogens is 6. The normalized spacial score (nSPS) is 11.1. The van der Waals surface area contributed by atoms with Crippen LogP contribution in [0.4, 0.5) is 35.1 Å². The van der Waals surface area contributed by atoms with Gasteiger partial charge in [0.05, 0.1) is 70.0 Å². The van der Waals surface area contributed by atoms with Gasteiger partial charge in [0.1, 0.15) is 47.5 Å². The third-order valence-electron chi connectivity index (χ3n) is 13.4. The van der Waals surface area contributed by atoms with E-state index in [1.165, 1.54) is 71.9 Å². The molecule has 0 amide bonds. The fourth-order valence-corrected chi connectivity index (χ4v) is 9.07. The summed E-state index contributed by atoms with van der Waals surface area (Å²) in [4.78, 5) is 39.6. The first-order valence-electron chi connectivity index (χ1n) is 25.7. The van der Waals surface area contributed by atoms with Crippen LogP contribution in [0.2, 0.25) is 0 Å². The SMILES string of the molecule is COCCn1c(Cc2c(F)cc(-c3cccc(OCc4ccc(C#N)cc4)n3)c(F)c2F)nc2c(F)cc(C(=O)O)cc21.COCCn1c(Cc2c(F)cc(-c3cccc(OCc4ccc(C#N)cc4)n3)c(F)c2F)nc2c(F)cc(C(=O)O)cc21. The third-order valence-corrected chi connectivity index (χ3v) is 13.4. The van der Waals surface area contributed by atoms with E-state index in [-0.39, 0.29) is 108 Å². The maximum absolute atomic E-state index is 15.4. The van der Waals surface area contributed by atoms with Gasteiger partial charge in [-0.2, -0.15) is 10.5 Å². The van der Waals surface area contributed by atoms with Crippen molar-refractivity contribution in [2.75, 3.05) is 27.4 Å². The first kappa shape index (κ1) is 60.0. The summed E-state index contributed by atoms with van der Waals surface area (Å²) in [6.45, 7) is 0.507. The quantitative estimate of drug-likeness (QED) is 0.0536. The molecule has 0 aliphatic carbocycles. The fourth-order valence-electron chi connectivity index (χ4n) is 9.07. The number of imidazole rings is 2. The second kappa shape index (κ2) is 26.3. The number of ether oxygens (including phenoxy) is 4. The summed E-state index contributed by atoms with van der Waals surface area (Å²) >= 11 is 0. The number of hydrogen-bond acceptors (Lipinski definition) is 12. The van der Waals surface area contributed by atoms with E-state index in [4.69, 9.17) is 29.5 Å². The third kappa shape index (κ3) is 13.1. The molecule has 16 nitrogen and oxygen atoms in total. The molecule has 0 saturated heterocycles. The topological polar surface area (TPSA) is 221 Å². The van der Waals surface area contributed by atoms with E-state index in [0.29, 0.717) is 11.1 Å². The van der Waals surface area contributed by atoms with Crippen LogP contribution in [0, 0.1) is 69.2 Å². The zero-order valence-corrected chi connectivity index (χ0v) is 45.1. The van der Waals surface area contributed by atoms with Gasteiger partial charge in [-0.1, -0.05) is 36.4 Å². The number of carboxylic acids is 2. The maximum atomic E-state index is 15.4. The number of nitrogens with zero attached hydrogens (tertiary/aromatic N) is 8. The monoisotopic (exact) mass is 1180 g/mol. The van der Waals surface area contributed by atoms with Gasteiger partial charge < -0.3 is 38.3 Å². The highest BCUT2D eigenvalue weighted by Crippen LogP contribution is 2.34. The van der Waals surface area contributed by atoms with Gasteiger partial charge in [-0.05, 0) is 83.9 Å². The van der Waals surface area contributed by atoms with Gasteiger partial charge in [-0.15, -0.1) is 0 Å². The molecular formula is C62H44F8N8O8. The number of carboxylic acid groups (broad SMARTS) is 2. The van der Waals surface area contributed by atoms with Crippen LogP contribution in [0.15, 0.2) is 121 Å². The Morgan fingerprint density at radius 2 is 0.884 bits per heavy atom. The lowest BCUT2D eigenvalue weighted by Gasteiger charge is -2.13. The number of rotatable bonds is 20. The highest BCUT2D eigenvalue weighted by molar-refractivity contribution is 5.93. The molecule has 0 spiro atoms. The predicted octanol–water partition coefficient (Wildman–Crippen LogP) is 12.1. The zero-order chi connectivity index (χ0) is 61.3. The molecule has 0 fully saturated rings. The highest BCUT2D eigenvalue weighted by atomic mass is 19.2. The number of hydrogen-bond donors (Lipinski definition) is 2. The molecule has 4 heterocycles. The molecule has 0 unspecified atom stereocenters. The fraction of sp³-hybridized carbons (Fsp3) is 0.161. The summed E-state index contributed by atoms with van der Waals surface area (Å²) in [5.41, 5.74) is -0.756. The first-order chi connectivity index (χ1) is 41.4. The van der Waals surface area contributed by atoms with Crippen LogP contribution in [0.3, 0.4) is 0 Å². The molecule has 0 aliphatic heterocycles. The van der Waals surface area contributed by atoms with Crippen molar-refractivity contribution < 1.29 is 73.9 Å². The zero-order valence-electron chi connectivity index (χ0n) is 45.1. The summed E-state index contributed by atoms with van der Waals surface area (Å²) in [7, 11) is 2.83. The minimum absolute atomic E-state index is 0.0187. The molecule has 0 radical (unpaired) electrons. The Morgan fingerprint density at radius 1 is 0.500 bits per heavy atom. The standard InChI is InChI=1S/2C31H22F4N4O4/c2*1-42-10-9-39-25-12-19(31(40)41)11-23(33)30(25)38-26(39)14-20-22(32)13-21(29(35)28(20)34)24-3-2-4-27(37-24)43-16-18-7-5-17(15-36)6-8-18/h2*2-8,11-13H,9-10,14,16H2,1H3,(H,40,41). The Hall–Kier alpha value is -10.6.